The van der Waals surface area contributed by atoms with Crippen molar-refractivity contribution in [2.24, 2.45) is 0 Å². The van der Waals surface area contributed by atoms with Crippen LogP contribution in [0, 0.1) is 5.82 Å². The van der Waals surface area contributed by atoms with Gasteiger partial charge in [-0.15, -0.1) is 0 Å². The first-order chi connectivity index (χ1) is 18.0. The SMILES string of the molecule is CC1CCNN1c1cc(O)cc(Nc2ccc(C(=O)NNc3ncc(F)c(N4CCOCC4)n3)nc2)c1. The van der Waals surface area contributed by atoms with E-state index in [2.05, 4.69) is 43.5 Å². The van der Waals surface area contributed by atoms with E-state index in [1.807, 2.05) is 11.1 Å². The van der Waals surface area contributed by atoms with Crippen molar-refractivity contribution in [3.63, 3.8) is 0 Å². The van der Waals surface area contributed by atoms with Gasteiger partial charge in [-0.1, -0.05) is 0 Å². The summed E-state index contributed by atoms with van der Waals surface area (Å²) in [5.74, 6) is -0.727. The van der Waals surface area contributed by atoms with Gasteiger partial charge in [-0.05, 0) is 31.5 Å². The number of carbonyl (C=O) groups excluding carboxylic acids is 1. The molecule has 2 aliphatic heterocycles. The molecule has 13 heteroatoms. The molecule has 0 radical (unpaired) electrons. The first-order valence-corrected chi connectivity index (χ1v) is 12.0. The van der Waals surface area contributed by atoms with Gasteiger partial charge in [0.2, 0.25) is 5.95 Å². The number of hydrogen-bond donors (Lipinski definition) is 5. The quantitative estimate of drug-likeness (QED) is 0.299. The molecular formula is C24H28FN9O3. The molecule has 1 unspecified atom stereocenters. The third-order valence-electron chi connectivity index (χ3n) is 6.07. The molecule has 4 heterocycles. The first kappa shape index (κ1) is 24.5. The minimum absolute atomic E-state index is 0.0519. The number of pyridine rings is 1. The van der Waals surface area contributed by atoms with Crippen molar-refractivity contribution >= 4 is 34.7 Å². The van der Waals surface area contributed by atoms with Crippen molar-refractivity contribution in [3.05, 3.63) is 54.2 Å². The average Bonchev–Trinajstić information content (AvgIpc) is 3.34. The zero-order valence-electron chi connectivity index (χ0n) is 20.2. The first-order valence-electron chi connectivity index (χ1n) is 12.0. The minimum Gasteiger partial charge on any atom is -0.508 e. The Hall–Kier alpha value is -4.23. The number of nitrogens with one attached hydrogen (secondary N) is 4. The van der Waals surface area contributed by atoms with Gasteiger partial charge in [-0.2, -0.15) is 4.98 Å². The fourth-order valence-electron chi connectivity index (χ4n) is 4.19. The van der Waals surface area contributed by atoms with E-state index < -0.39 is 11.7 Å². The number of hydrazine groups is 2. The monoisotopic (exact) mass is 509 g/mol. The lowest BCUT2D eigenvalue weighted by atomic mass is 10.2. The predicted molar refractivity (Wildman–Crippen MR) is 136 cm³/mol. The van der Waals surface area contributed by atoms with Gasteiger partial charge in [-0.25, -0.2) is 19.8 Å². The molecule has 3 aromatic rings. The summed E-state index contributed by atoms with van der Waals surface area (Å²) in [6.45, 7) is 5.00. The van der Waals surface area contributed by atoms with Crippen LogP contribution in [0.5, 0.6) is 5.75 Å². The Morgan fingerprint density at radius 3 is 2.73 bits per heavy atom. The van der Waals surface area contributed by atoms with Gasteiger partial charge in [0.1, 0.15) is 11.4 Å². The van der Waals surface area contributed by atoms with E-state index in [1.54, 1.807) is 29.2 Å². The molecule has 12 nitrogen and oxygen atoms in total. The van der Waals surface area contributed by atoms with Crippen molar-refractivity contribution in [3.8, 4) is 5.75 Å². The van der Waals surface area contributed by atoms with Crippen LogP contribution in [0.15, 0.2) is 42.7 Å². The number of rotatable bonds is 7. The summed E-state index contributed by atoms with van der Waals surface area (Å²) in [5.41, 5.74) is 10.7. The Kier molecular flexibility index (Phi) is 7.14. The fourth-order valence-corrected chi connectivity index (χ4v) is 4.19. The Balaban J connectivity index is 1.20. The van der Waals surface area contributed by atoms with Crippen molar-refractivity contribution in [1.82, 2.24) is 25.8 Å². The van der Waals surface area contributed by atoms with Gasteiger partial charge < -0.3 is 25.1 Å². The van der Waals surface area contributed by atoms with Crippen LogP contribution in [0.1, 0.15) is 23.8 Å². The lowest BCUT2D eigenvalue weighted by molar-refractivity contribution is 0.0957. The second kappa shape index (κ2) is 10.8. The number of halogens is 1. The van der Waals surface area contributed by atoms with Crippen molar-refractivity contribution < 1.29 is 19.0 Å². The van der Waals surface area contributed by atoms with Gasteiger partial charge in [0, 0.05) is 43.5 Å². The number of phenols is 1. The maximum Gasteiger partial charge on any atom is 0.288 e. The maximum atomic E-state index is 14.2. The van der Waals surface area contributed by atoms with Gasteiger partial charge in [0.15, 0.2) is 11.6 Å². The van der Waals surface area contributed by atoms with Crippen LogP contribution in [0.4, 0.5) is 33.2 Å². The number of hydrogen-bond acceptors (Lipinski definition) is 11. The van der Waals surface area contributed by atoms with Gasteiger partial charge in [0.25, 0.3) is 5.91 Å². The molecular weight excluding hydrogens is 481 g/mol. The molecule has 1 atom stereocenters. The van der Waals surface area contributed by atoms with Crippen molar-refractivity contribution in [1.29, 1.82) is 0 Å². The van der Waals surface area contributed by atoms with Gasteiger partial charge in [-0.3, -0.25) is 15.6 Å². The molecule has 2 fully saturated rings. The lowest BCUT2D eigenvalue weighted by Gasteiger charge is -2.28. The van der Waals surface area contributed by atoms with Crippen LogP contribution in [0.3, 0.4) is 0 Å². The molecule has 5 N–H and O–H groups in total. The van der Waals surface area contributed by atoms with Crippen LogP contribution in [-0.4, -0.2) is 64.9 Å². The van der Waals surface area contributed by atoms with E-state index in [-0.39, 0.29) is 23.2 Å². The van der Waals surface area contributed by atoms with E-state index in [0.29, 0.717) is 43.7 Å². The number of anilines is 5. The summed E-state index contributed by atoms with van der Waals surface area (Å²) in [6, 6.07) is 8.81. The number of ether oxygens (including phenoxy) is 1. The number of nitrogens with zero attached hydrogens (tertiary/aromatic N) is 5. The zero-order valence-corrected chi connectivity index (χ0v) is 20.2. The van der Waals surface area contributed by atoms with Crippen LogP contribution in [-0.2, 0) is 4.74 Å². The summed E-state index contributed by atoms with van der Waals surface area (Å²) in [6.07, 6.45) is 3.58. The van der Waals surface area contributed by atoms with E-state index in [4.69, 9.17) is 4.74 Å². The Morgan fingerprint density at radius 1 is 1.16 bits per heavy atom. The van der Waals surface area contributed by atoms with Crippen molar-refractivity contribution in [2.75, 3.05) is 53.5 Å². The fraction of sp³-hybridized carbons (Fsp3) is 0.333. The van der Waals surface area contributed by atoms with Gasteiger partial charge >= 0.3 is 0 Å². The molecule has 0 saturated carbocycles. The third kappa shape index (κ3) is 5.78. The highest BCUT2D eigenvalue weighted by Gasteiger charge is 2.21. The molecule has 0 spiro atoms. The summed E-state index contributed by atoms with van der Waals surface area (Å²) in [5, 5.41) is 15.4. The van der Waals surface area contributed by atoms with Crippen LogP contribution < -0.4 is 31.5 Å². The van der Waals surface area contributed by atoms with Crippen LogP contribution in [0.25, 0.3) is 0 Å². The van der Waals surface area contributed by atoms with E-state index in [9.17, 15) is 14.3 Å². The molecule has 194 valence electrons. The summed E-state index contributed by atoms with van der Waals surface area (Å²) in [4.78, 5) is 26.6. The topological polar surface area (TPSA) is 140 Å². The summed E-state index contributed by atoms with van der Waals surface area (Å²) >= 11 is 0. The Morgan fingerprint density at radius 2 is 2.00 bits per heavy atom. The lowest BCUT2D eigenvalue weighted by Crippen LogP contribution is -2.38. The Bertz CT molecular complexity index is 1250. The zero-order chi connectivity index (χ0) is 25.8. The summed E-state index contributed by atoms with van der Waals surface area (Å²) in [7, 11) is 0. The van der Waals surface area contributed by atoms with Crippen LogP contribution >= 0.6 is 0 Å². The number of amides is 1. The molecule has 2 saturated heterocycles. The highest BCUT2D eigenvalue weighted by molar-refractivity contribution is 5.93. The smallest absolute Gasteiger partial charge is 0.288 e. The van der Waals surface area contributed by atoms with Crippen molar-refractivity contribution in [2.45, 2.75) is 19.4 Å². The van der Waals surface area contributed by atoms with Crippen LogP contribution in [0.2, 0.25) is 0 Å². The van der Waals surface area contributed by atoms with E-state index in [0.717, 1.165) is 24.8 Å². The second-order valence-electron chi connectivity index (χ2n) is 8.75. The molecule has 1 amide bonds. The standard InChI is InChI=1S/C24H28FN9O3/c1-15-4-5-28-34(15)18-10-17(11-19(35)12-18)29-16-2-3-21(26-13-16)23(36)31-32-24-27-14-20(25)22(30-24)33-6-8-37-9-7-33/h2-3,10-15,28-29,35H,4-9H2,1H3,(H,31,36)(H,27,30,32). The number of benzene rings is 1. The second-order valence-corrected chi connectivity index (χ2v) is 8.75. The number of morpholine rings is 1. The number of aromatic hydroxyl groups is 1. The molecule has 0 aliphatic carbocycles. The molecule has 1 aromatic carbocycles. The highest BCUT2D eigenvalue weighted by Crippen LogP contribution is 2.30. The molecule has 0 bridgehead atoms. The van der Waals surface area contributed by atoms with E-state index in [1.165, 1.54) is 6.20 Å². The number of phenolic OH excluding ortho intramolecular Hbond substituents is 1. The van der Waals surface area contributed by atoms with E-state index >= 15 is 0 Å². The summed E-state index contributed by atoms with van der Waals surface area (Å²) < 4.78 is 19.5. The van der Waals surface area contributed by atoms with Gasteiger partial charge in [0.05, 0.1) is 37.0 Å². The molecule has 5 rings (SSSR count). The molecule has 37 heavy (non-hydrogen) atoms. The molecule has 2 aromatic heterocycles. The largest absolute Gasteiger partial charge is 0.508 e. The molecule has 2 aliphatic rings. The average molecular weight is 510 g/mol. The number of aromatic nitrogens is 3. The normalized spacial score (nSPS) is 17.5. The third-order valence-corrected chi connectivity index (χ3v) is 6.07. The maximum absolute atomic E-state index is 14.2. The predicted octanol–water partition coefficient (Wildman–Crippen LogP) is 2.16. The Labute approximate surface area is 212 Å². The minimum atomic E-state index is -0.548. The highest BCUT2D eigenvalue weighted by atomic mass is 19.1. The number of carbonyl (C=O) groups is 1.